The highest BCUT2D eigenvalue weighted by molar-refractivity contribution is 5.94. The van der Waals surface area contributed by atoms with Crippen LogP contribution in [-0.4, -0.2) is 30.3 Å². The number of nitrogens with one attached hydrogen (secondary N) is 1. The Morgan fingerprint density at radius 2 is 1.95 bits per heavy atom. The SMILES string of the molecule is COC(C)(C)CNc1ccc(C(F)(F)F)cc1C(=O)O. The maximum Gasteiger partial charge on any atom is 0.416 e. The van der Waals surface area contributed by atoms with Crippen molar-refractivity contribution in [3.8, 4) is 0 Å². The van der Waals surface area contributed by atoms with E-state index in [1.807, 2.05) is 0 Å². The number of ether oxygens (including phenoxy) is 1. The van der Waals surface area contributed by atoms with Crippen LogP contribution in [0.5, 0.6) is 0 Å². The number of rotatable bonds is 5. The summed E-state index contributed by atoms with van der Waals surface area (Å²) >= 11 is 0. The van der Waals surface area contributed by atoms with E-state index < -0.39 is 28.9 Å². The second kappa shape index (κ2) is 5.70. The average molecular weight is 291 g/mol. The summed E-state index contributed by atoms with van der Waals surface area (Å²) in [6.45, 7) is 3.80. The van der Waals surface area contributed by atoms with E-state index in [1.165, 1.54) is 7.11 Å². The number of halogens is 3. The molecule has 0 fully saturated rings. The van der Waals surface area contributed by atoms with Gasteiger partial charge in [0.25, 0.3) is 0 Å². The van der Waals surface area contributed by atoms with Gasteiger partial charge in [-0.05, 0) is 32.0 Å². The maximum atomic E-state index is 12.6. The van der Waals surface area contributed by atoms with E-state index in [0.717, 1.165) is 12.1 Å². The predicted molar refractivity (Wildman–Crippen MR) is 68.0 cm³/mol. The van der Waals surface area contributed by atoms with E-state index in [4.69, 9.17) is 9.84 Å². The molecule has 1 aromatic carbocycles. The molecule has 0 aliphatic rings. The zero-order valence-electron chi connectivity index (χ0n) is 11.3. The summed E-state index contributed by atoms with van der Waals surface area (Å²) in [4.78, 5) is 11.1. The molecule has 0 saturated carbocycles. The molecular formula is C13H16F3NO3. The number of carboxylic acid groups (broad SMARTS) is 1. The summed E-state index contributed by atoms with van der Waals surface area (Å²) < 4.78 is 42.8. The van der Waals surface area contributed by atoms with Gasteiger partial charge in [0.15, 0.2) is 0 Å². The van der Waals surface area contributed by atoms with Crippen LogP contribution in [0.2, 0.25) is 0 Å². The lowest BCUT2D eigenvalue weighted by atomic mass is 10.1. The lowest BCUT2D eigenvalue weighted by Gasteiger charge is -2.24. The van der Waals surface area contributed by atoms with Gasteiger partial charge in [0.1, 0.15) is 0 Å². The third-order valence-electron chi connectivity index (χ3n) is 2.83. The van der Waals surface area contributed by atoms with Crippen molar-refractivity contribution in [3.63, 3.8) is 0 Å². The van der Waals surface area contributed by atoms with Crippen LogP contribution in [0.15, 0.2) is 18.2 Å². The number of methoxy groups -OCH3 is 1. The second-order valence-corrected chi connectivity index (χ2v) is 4.88. The fraction of sp³-hybridized carbons (Fsp3) is 0.462. The van der Waals surface area contributed by atoms with E-state index in [0.29, 0.717) is 6.07 Å². The summed E-state index contributed by atoms with van der Waals surface area (Å²) in [6.07, 6.45) is -4.57. The van der Waals surface area contributed by atoms with Crippen LogP contribution in [0.25, 0.3) is 0 Å². The number of carboxylic acids is 1. The largest absolute Gasteiger partial charge is 0.478 e. The van der Waals surface area contributed by atoms with Crippen LogP contribution in [0.1, 0.15) is 29.8 Å². The zero-order chi connectivity index (χ0) is 15.6. The first-order chi connectivity index (χ1) is 9.07. The summed E-state index contributed by atoms with van der Waals surface area (Å²) in [6, 6.07) is 2.57. The van der Waals surface area contributed by atoms with Crippen molar-refractivity contribution >= 4 is 11.7 Å². The Balaban J connectivity index is 3.06. The van der Waals surface area contributed by atoms with Crippen LogP contribution in [0.4, 0.5) is 18.9 Å². The first-order valence-electron chi connectivity index (χ1n) is 5.80. The highest BCUT2D eigenvalue weighted by atomic mass is 19.4. The van der Waals surface area contributed by atoms with Crippen molar-refractivity contribution in [2.75, 3.05) is 19.0 Å². The zero-order valence-corrected chi connectivity index (χ0v) is 11.3. The van der Waals surface area contributed by atoms with Crippen molar-refractivity contribution in [2.24, 2.45) is 0 Å². The molecule has 20 heavy (non-hydrogen) atoms. The monoisotopic (exact) mass is 291 g/mol. The van der Waals surface area contributed by atoms with Crippen LogP contribution in [-0.2, 0) is 10.9 Å². The molecule has 2 N–H and O–H groups in total. The molecule has 1 rings (SSSR count). The molecule has 0 aromatic heterocycles. The highest BCUT2D eigenvalue weighted by Crippen LogP contribution is 2.32. The van der Waals surface area contributed by atoms with Gasteiger partial charge in [0.2, 0.25) is 0 Å². The minimum absolute atomic E-state index is 0.121. The summed E-state index contributed by atoms with van der Waals surface area (Å²) in [5.74, 6) is -1.42. The van der Waals surface area contributed by atoms with Crippen molar-refractivity contribution in [1.29, 1.82) is 0 Å². The molecular weight excluding hydrogens is 275 g/mol. The molecule has 0 aliphatic heterocycles. The Morgan fingerprint density at radius 1 is 1.35 bits per heavy atom. The topological polar surface area (TPSA) is 58.6 Å². The number of carbonyl (C=O) groups is 1. The highest BCUT2D eigenvalue weighted by Gasteiger charge is 2.32. The molecule has 4 nitrogen and oxygen atoms in total. The molecule has 0 radical (unpaired) electrons. The van der Waals surface area contributed by atoms with E-state index in [1.54, 1.807) is 13.8 Å². The first kappa shape index (κ1) is 16.3. The molecule has 1 aromatic rings. The smallest absolute Gasteiger partial charge is 0.416 e. The van der Waals surface area contributed by atoms with E-state index in [9.17, 15) is 18.0 Å². The van der Waals surface area contributed by atoms with Crippen molar-refractivity contribution in [2.45, 2.75) is 25.6 Å². The summed E-state index contributed by atoms with van der Waals surface area (Å²) in [7, 11) is 1.49. The number of hydrogen-bond donors (Lipinski definition) is 2. The van der Waals surface area contributed by atoms with E-state index in [-0.39, 0.29) is 12.2 Å². The number of benzene rings is 1. The van der Waals surface area contributed by atoms with Gasteiger partial charge in [-0.25, -0.2) is 4.79 Å². The van der Waals surface area contributed by atoms with Crippen LogP contribution in [0, 0.1) is 0 Å². The number of alkyl halides is 3. The van der Waals surface area contributed by atoms with E-state index in [2.05, 4.69) is 5.32 Å². The molecule has 0 spiro atoms. The molecule has 112 valence electrons. The Morgan fingerprint density at radius 3 is 2.40 bits per heavy atom. The van der Waals surface area contributed by atoms with Crippen molar-refractivity contribution < 1.29 is 27.8 Å². The van der Waals surface area contributed by atoms with Gasteiger partial charge in [0.05, 0.1) is 16.7 Å². The number of aromatic carboxylic acids is 1. The first-order valence-corrected chi connectivity index (χ1v) is 5.80. The molecule has 0 saturated heterocycles. The Hall–Kier alpha value is -1.76. The molecule has 0 amide bonds. The van der Waals surface area contributed by atoms with Crippen LogP contribution < -0.4 is 5.32 Å². The Labute approximate surface area is 114 Å². The van der Waals surface area contributed by atoms with Crippen LogP contribution >= 0.6 is 0 Å². The quantitative estimate of drug-likeness (QED) is 0.874. The molecule has 0 bridgehead atoms. The third kappa shape index (κ3) is 4.12. The van der Waals surface area contributed by atoms with E-state index >= 15 is 0 Å². The number of hydrogen-bond acceptors (Lipinski definition) is 3. The molecule has 0 atom stereocenters. The fourth-order valence-corrected chi connectivity index (χ4v) is 1.43. The van der Waals surface area contributed by atoms with Gasteiger partial charge in [-0.2, -0.15) is 13.2 Å². The lowest BCUT2D eigenvalue weighted by Crippen LogP contribution is -2.32. The van der Waals surface area contributed by atoms with Gasteiger partial charge in [0, 0.05) is 19.3 Å². The van der Waals surface area contributed by atoms with Crippen LogP contribution in [0.3, 0.4) is 0 Å². The predicted octanol–water partition coefficient (Wildman–Crippen LogP) is 3.24. The van der Waals surface area contributed by atoms with Gasteiger partial charge >= 0.3 is 12.1 Å². The average Bonchev–Trinajstić information content (AvgIpc) is 2.35. The third-order valence-corrected chi connectivity index (χ3v) is 2.83. The minimum atomic E-state index is -4.57. The maximum absolute atomic E-state index is 12.6. The normalized spacial score (nSPS) is 12.3. The standard InChI is InChI=1S/C13H16F3NO3/c1-12(2,20-3)7-17-10-5-4-8(13(14,15)16)6-9(10)11(18)19/h4-6,17H,7H2,1-3H3,(H,18,19). The van der Waals surface area contributed by atoms with Gasteiger partial charge in [-0.1, -0.05) is 0 Å². The molecule has 0 unspecified atom stereocenters. The van der Waals surface area contributed by atoms with Gasteiger partial charge in [-0.15, -0.1) is 0 Å². The second-order valence-electron chi connectivity index (χ2n) is 4.88. The lowest BCUT2D eigenvalue weighted by molar-refractivity contribution is -0.137. The molecule has 0 aliphatic carbocycles. The minimum Gasteiger partial charge on any atom is -0.478 e. The number of anilines is 1. The van der Waals surface area contributed by atoms with Crippen molar-refractivity contribution in [1.82, 2.24) is 0 Å². The van der Waals surface area contributed by atoms with Gasteiger partial charge < -0.3 is 15.2 Å². The fourth-order valence-electron chi connectivity index (χ4n) is 1.43. The summed E-state index contributed by atoms with van der Waals surface area (Å²) in [5, 5.41) is 11.8. The molecule has 0 heterocycles. The molecule has 7 heteroatoms. The summed E-state index contributed by atoms with van der Waals surface area (Å²) in [5.41, 5.74) is -1.87. The Bertz CT molecular complexity index is 498. The van der Waals surface area contributed by atoms with Gasteiger partial charge in [-0.3, -0.25) is 0 Å². The Kier molecular flexibility index (Phi) is 4.65. The van der Waals surface area contributed by atoms with Crippen molar-refractivity contribution in [3.05, 3.63) is 29.3 Å².